The molecule has 1 amide bonds. The summed E-state index contributed by atoms with van der Waals surface area (Å²) in [6.45, 7) is -0.394. The standard InChI is InChI=1S/C19H20FNO5S/c1-24-14-5-8-16(17(11-14)25-2)21-18(22)12-26-19(23)9-10-27-15-6-3-13(20)4-7-15/h3-8,11H,9-10,12H2,1-2H3,(H,21,22). The van der Waals surface area contributed by atoms with E-state index in [1.807, 2.05) is 0 Å². The first kappa shape index (κ1) is 20.6. The van der Waals surface area contributed by atoms with Gasteiger partial charge < -0.3 is 19.5 Å². The average molecular weight is 393 g/mol. The molecule has 0 saturated heterocycles. The summed E-state index contributed by atoms with van der Waals surface area (Å²) in [4.78, 5) is 24.5. The molecule has 0 fully saturated rings. The van der Waals surface area contributed by atoms with Gasteiger partial charge in [-0.15, -0.1) is 11.8 Å². The van der Waals surface area contributed by atoms with Gasteiger partial charge in [0.15, 0.2) is 6.61 Å². The van der Waals surface area contributed by atoms with E-state index in [9.17, 15) is 14.0 Å². The van der Waals surface area contributed by atoms with Crippen molar-refractivity contribution in [1.29, 1.82) is 0 Å². The van der Waals surface area contributed by atoms with Gasteiger partial charge in [0.2, 0.25) is 0 Å². The van der Waals surface area contributed by atoms with Crippen LogP contribution in [-0.2, 0) is 14.3 Å². The van der Waals surface area contributed by atoms with Gasteiger partial charge in [-0.05, 0) is 36.4 Å². The topological polar surface area (TPSA) is 73.9 Å². The molecule has 2 aromatic carbocycles. The van der Waals surface area contributed by atoms with Crippen LogP contribution >= 0.6 is 11.8 Å². The van der Waals surface area contributed by atoms with Crippen LogP contribution < -0.4 is 14.8 Å². The summed E-state index contributed by atoms with van der Waals surface area (Å²) in [7, 11) is 3.00. The zero-order valence-corrected chi connectivity index (χ0v) is 15.8. The molecule has 144 valence electrons. The third kappa shape index (κ3) is 6.82. The van der Waals surface area contributed by atoms with E-state index in [0.29, 0.717) is 22.9 Å². The van der Waals surface area contributed by atoms with E-state index in [-0.39, 0.29) is 12.2 Å². The summed E-state index contributed by atoms with van der Waals surface area (Å²) in [5.74, 6) is 0.232. The highest BCUT2D eigenvalue weighted by atomic mass is 32.2. The van der Waals surface area contributed by atoms with Gasteiger partial charge in [0.1, 0.15) is 17.3 Å². The van der Waals surface area contributed by atoms with Gasteiger partial charge in [-0.2, -0.15) is 0 Å². The van der Waals surface area contributed by atoms with Crippen molar-refractivity contribution < 1.29 is 28.2 Å². The maximum atomic E-state index is 12.8. The van der Waals surface area contributed by atoms with Crippen LogP contribution in [-0.4, -0.2) is 38.5 Å². The quantitative estimate of drug-likeness (QED) is 0.519. The van der Waals surface area contributed by atoms with Crippen molar-refractivity contribution in [3.8, 4) is 11.5 Å². The number of hydrogen-bond donors (Lipinski definition) is 1. The van der Waals surface area contributed by atoms with Crippen molar-refractivity contribution in [3.63, 3.8) is 0 Å². The van der Waals surface area contributed by atoms with Crippen molar-refractivity contribution in [2.75, 3.05) is 31.9 Å². The largest absolute Gasteiger partial charge is 0.497 e. The number of esters is 1. The molecular weight excluding hydrogens is 373 g/mol. The molecule has 0 spiro atoms. The number of anilines is 1. The van der Waals surface area contributed by atoms with Crippen molar-refractivity contribution in [2.24, 2.45) is 0 Å². The number of rotatable bonds is 9. The Hall–Kier alpha value is -2.74. The molecule has 0 heterocycles. The average Bonchev–Trinajstić information content (AvgIpc) is 2.68. The molecule has 0 radical (unpaired) electrons. The minimum atomic E-state index is -0.485. The van der Waals surface area contributed by atoms with E-state index < -0.39 is 18.5 Å². The first-order valence-electron chi connectivity index (χ1n) is 8.07. The van der Waals surface area contributed by atoms with Crippen LogP contribution in [0.4, 0.5) is 10.1 Å². The third-order valence-corrected chi connectivity index (χ3v) is 4.45. The predicted octanol–water partition coefficient (Wildman–Crippen LogP) is 3.51. The fourth-order valence-corrected chi connectivity index (χ4v) is 2.92. The highest BCUT2D eigenvalue weighted by molar-refractivity contribution is 7.99. The number of nitrogens with one attached hydrogen (secondary N) is 1. The Morgan fingerprint density at radius 1 is 1.07 bits per heavy atom. The Kier molecular flexibility index (Phi) is 7.94. The molecule has 27 heavy (non-hydrogen) atoms. The Balaban J connectivity index is 1.73. The smallest absolute Gasteiger partial charge is 0.307 e. The molecule has 1 N–H and O–H groups in total. The molecule has 6 nitrogen and oxygen atoms in total. The number of methoxy groups -OCH3 is 2. The second kappa shape index (κ2) is 10.4. The Labute approximate surface area is 161 Å². The zero-order chi connectivity index (χ0) is 19.6. The van der Waals surface area contributed by atoms with E-state index in [2.05, 4.69) is 5.32 Å². The summed E-state index contributed by atoms with van der Waals surface area (Å²) in [6.07, 6.45) is 0.140. The zero-order valence-electron chi connectivity index (χ0n) is 15.0. The molecule has 0 aliphatic heterocycles. The predicted molar refractivity (Wildman–Crippen MR) is 101 cm³/mol. The van der Waals surface area contributed by atoms with Crippen molar-refractivity contribution in [3.05, 3.63) is 48.3 Å². The molecular formula is C19H20FNO5S. The lowest BCUT2D eigenvalue weighted by Gasteiger charge is -2.11. The van der Waals surface area contributed by atoms with Crippen LogP contribution in [0.2, 0.25) is 0 Å². The summed E-state index contributed by atoms with van der Waals surface area (Å²) >= 11 is 1.41. The minimum absolute atomic E-state index is 0.140. The van der Waals surface area contributed by atoms with Gasteiger partial charge in [0.05, 0.1) is 26.3 Å². The molecule has 2 rings (SSSR count). The van der Waals surface area contributed by atoms with Crippen LogP contribution in [0.1, 0.15) is 6.42 Å². The number of benzene rings is 2. The molecule has 8 heteroatoms. The number of carbonyl (C=O) groups excluding carboxylic acids is 2. The first-order chi connectivity index (χ1) is 13.0. The minimum Gasteiger partial charge on any atom is -0.497 e. The molecule has 0 atom stereocenters. The number of carbonyl (C=O) groups is 2. The Bertz CT molecular complexity index is 782. The normalized spacial score (nSPS) is 10.2. The lowest BCUT2D eigenvalue weighted by atomic mass is 10.2. The molecule has 0 aromatic heterocycles. The molecule has 0 aliphatic rings. The Morgan fingerprint density at radius 2 is 1.81 bits per heavy atom. The van der Waals surface area contributed by atoms with Gasteiger partial charge >= 0.3 is 5.97 Å². The molecule has 2 aromatic rings. The Morgan fingerprint density at radius 3 is 2.48 bits per heavy atom. The third-order valence-electron chi connectivity index (χ3n) is 3.44. The maximum Gasteiger partial charge on any atom is 0.307 e. The highest BCUT2D eigenvalue weighted by Crippen LogP contribution is 2.28. The molecule has 0 aliphatic carbocycles. The summed E-state index contributed by atoms with van der Waals surface area (Å²) in [6, 6.07) is 10.9. The van der Waals surface area contributed by atoms with Crippen LogP contribution in [0.5, 0.6) is 11.5 Å². The van der Waals surface area contributed by atoms with Crippen LogP contribution in [0, 0.1) is 5.82 Å². The second-order valence-electron chi connectivity index (χ2n) is 5.33. The summed E-state index contributed by atoms with van der Waals surface area (Å²) < 4.78 is 28.1. The molecule has 0 unspecified atom stereocenters. The van der Waals surface area contributed by atoms with E-state index >= 15 is 0 Å². The number of amides is 1. The van der Waals surface area contributed by atoms with Crippen LogP contribution in [0.25, 0.3) is 0 Å². The summed E-state index contributed by atoms with van der Waals surface area (Å²) in [5.41, 5.74) is 0.450. The number of ether oxygens (including phenoxy) is 3. The highest BCUT2D eigenvalue weighted by Gasteiger charge is 2.11. The van der Waals surface area contributed by atoms with E-state index in [0.717, 1.165) is 4.90 Å². The van der Waals surface area contributed by atoms with Crippen LogP contribution in [0.15, 0.2) is 47.4 Å². The fraction of sp³-hybridized carbons (Fsp3) is 0.263. The van der Waals surface area contributed by atoms with E-state index in [1.54, 1.807) is 30.3 Å². The van der Waals surface area contributed by atoms with E-state index in [1.165, 1.54) is 38.1 Å². The van der Waals surface area contributed by atoms with Crippen LogP contribution in [0.3, 0.4) is 0 Å². The summed E-state index contributed by atoms with van der Waals surface area (Å²) in [5, 5.41) is 2.62. The lowest BCUT2D eigenvalue weighted by Crippen LogP contribution is -2.21. The monoisotopic (exact) mass is 393 g/mol. The van der Waals surface area contributed by atoms with Gasteiger partial charge in [-0.3, -0.25) is 9.59 Å². The number of hydrogen-bond acceptors (Lipinski definition) is 6. The SMILES string of the molecule is COc1ccc(NC(=O)COC(=O)CCSc2ccc(F)cc2)c(OC)c1. The van der Waals surface area contributed by atoms with Crippen molar-refractivity contribution >= 4 is 29.3 Å². The second-order valence-corrected chi connectivity index (χ2v) is 6.50. The van der Waals surface area contributed by atoms with Crippen molar-refractivity contribution in [1.82, 2.24) is 0 Å². The van der Waals surface area contributed by atoms with E-state index in [4.69, 9.17) is 14.2 Å². The molecule has 0 saturated carbocycles. The van der Waals surface area contributed by atoms with Gasteiger partial charge in [-0.1, -0.05) is 0 Å². The van der Waals surface area contributed by atoms with Gasteiger partial charge in [0.25, 0.3) is 5.91 Å². The lowest BCUT2D eigenvalue weighted by molar-refractivity contribution is -0.146. The van der Waals surface area contributed by atoms with Gasteiger partial charge in [0, 0.05) is 16.7 Å². The first-order valence-corrected chi connectivity index (χ1v) is 9.06. The van der Waals surface area contributed by atoms with Gasteiger partial charge in [-0.25, -0.2) is 4.39 Å². The molecule has 0 bridgehead atoms. The van der Waals surface area contributed by atoms with Crippen molar-refractivity contribution in [2.45, 2.75) is 11.3 Å². The number of halogens is 1. The fourth-order valence-electron chi connectivity index (χ4n) is 2.09. The maximum absolute atomic E-state index is 12.8. The number of thioether (sulfide) groups is 1.